The minimum absolute atomic E-state index is 0. The minimum Gasteiger partial charge on any atom is -0.412 e. The maximum Gasteiger partial charge on any atom is 0.631 e. The van der Waals surface area contributed by atoms with Crippen molar-refractivity contribution in [3.63, 3.8) is 0 Å². The zero-order chi connectivity index (χ0) is 3.58. The van der Waals surface area contributed by atoms with Crippen molar-refractivity contribution in [2.75, 3.05) is 0 Å². The fourth-order valence-corrected chi connectivity index (χ4v) is 0. The molecule has 0 aromatic carbocycles. The molecular formula is H5BCaLaO4YYb. The van der Waals surface area contributed by atoms with Gasteiger partial charge in [-0.05, 0) is 0 Å². The summed E-state index contributed by atoms with van der Waals surface area (Å²) in [4.78, 5) is 0. The number of rotatable bonds is 0. The fraction of sp³-hybridized carbons (Fsp3) is 0. The Morgan fingerprint density at radius 3 is 1.00 bits per heavy atom. The Kier molecular flexibility index (Phi) is 120. The standard InChI is InChI=1S/BH3O3.Ca.La.H2O.Y.Yb/c2-1(3)4;;;;;/h2-4H;;;1H2;;. The Labute approximate surface area is 176 Å². The molecule has 0 atom stereocenters. The summed E-state index contributed by atoms with van der Waals surface area (Å²) in [6.07, 6.45) is 0. The first-order valence-corrected chi connectivity index (χ1v) is 0.775. The summed E-state index contributed by atoms with van der Waals surface area (Å²) in [5.74, 6) is 0. The first-order chi connectivity index (χ1) is 1.73. The molecule has 0 aliphatic rings. The average molecular weight is 521 g/mol. The van der Waals surface area contributed by atoms with Gasteiger partial charge in [0.1, 0.15) is 0 Å². The Balaban J connectivity index is -0.00000000450. The van der Waals surface area contributed by atoms with E-state index in [-0.39, 0.29) is 158 Å². The minimum atomic E-state index is -2.17. The number of hydrogen-bond acceptors (Lipinski definition) is 3. The molecule has 0 saturated carbocycles. The topological polar surface area (TPSA) is 92.2 Å². The van der Waals surface area contributed by atoms with Crippen molar-refractivity contribution in [3.05, 3.63) is 0 Å². The van der Waals surface area contributed by atoms with Gasteiger partial charge in [0.25, 0.3) is 0 Å². The molecule has 0 saturated heterocycles. The van der Waals surface area contributed by atoms with E-state index < -0.39 is 7.32 Å². The summed E-state index contributed by atoms with van der Waals surface area (Å²) >= 11 is 0. The second-order valence-corrected chi connectivity index (χ2v) is 0.346. The van der Waals surface area contributed by atoms with Crippen molar-refractivity contribution < 1.29 is 136 Å². The van der Waals surface area contributed by atoms with Crippen molar-refractivity contribution in [2.45, 2.75) is 0 Å². The van der Waals surface area contributed by atoms with Gasteiger partial charge in [-0.3, -0.25) is 0 Å². The van der Waals surface area contributed by atoms with Crippen molar-refractivity contribution in [1.82, 2.24) is 0 Å². The third-order valence-corrected chi connectivity index (χ3v) is 0. The van der Waals surface area contributed by atoms with E-state index in [1.54, 1.807) is 0 Å². The third kappa shape index (κ3) is 63.1. The van der Waals surface area contributed by atoms with Crippen LogP contribution in [0.2, 0.25) is 0 Å². The summed E-state index contributed by atoms with van der Waals surface area (Å²) in [5.41, 5.74) is 0. The van der Waals surface area contributed by atoms with Crippen LogP contribution in [-0.4, -0.2) is 65.6 Å². The normalized spacial score (nSPS) is 3.00. The summed E-state index contributed by atoms with van der Waals surface area (Å²) in [5, 5.41) is 21.5. The van der Waals surface area contributed by atoms with Gasteiger partial charge in [-0.2, -0.15) is 0 Å². The molecule has 0 rings (SSSR count). The van der Waals surface area contributed by atoms with Gasteiger partial charge in [0.05, 0.1) is 0 Å². The second kappa shape index (κ2) is 29.3. The van der Waals surface area contributed by atoms with Crippen molar-refractivity contribution in [1.29, 1.82) is 0 Å². The van der Waals surface area contributed by atoms with E-state index in [1.807, 2.05) is 0 Å². The van der Waals surface area contributed by atoms with E-state index >= 15 is 0 Å². The van der Waals surface area contributed by atoms with Crippen LogP contribution >= 0.6 is 0 Å². The predicted octanol–water partition coefficient (Wildman–Crippen LogP) is -3.26. The maximum atomic E-state index is 7.17. The molecule has 0 fully saturated rings. The molecule has 0 aromatic heterocycles. The van der Waals surface area contributed by atoms with E-state index in [0.29, 0.717) is 0 Å². The van der Waals surface area contributed by atoms with E-state index in [4.69, 9.17) is 15.1 Å². The van der Waals surface area contributed by atoms with Crippen LogP contribution in [0, 0.1) is 82.5 Å². The van der Waals surface area contributed by atoms with Gasteiger partial charge in [-0.25, -0.2) is 0 Å². The van der Waals surface area contributed by atoms with Gasteiger partial charge in [-0.1, -0.05) is 0 Å². The molecule has 0 aliphatic heterocycles. The van der Waals surface area contributed by atoms with Gasteiger partial charge < -0.3 is 20.5 Å². The Morgan fingerprint density at radius 2 is 1.00 bits per heavy atom. The molecule has 5 N–H and O–H groups in total. The zero-order valence-electron chi connectivity index (χ0n) is 4.55. The molecule has 0 unspecified atom stereocenters. The molecule has 9 heteroatoms. The summed E-state index contributed by atoms with van der Waals surface area (Å²) in [6, 6.07) is 0. The van der Waals surface area contributed by atoms with Gasteiger partial charge in [-0.15, -0.1) is 0 Å². The second-order valence-electron chi connectivity index (χ2n) is 0.346. The van der Waals surface area contributed by atoms with Gasteiger partial charge >= 0.3 is 7.32 Å². The van der Waals surface area contributed by atoms with E-state index in [9.17, 15) is 0 Å². The van der Waals surface area contributed by atoms with Gasteiger partial charge in [0, 0.05) is 153 Å². The van der Waals surface area contributed by atoms with Crippen molar-refractivity contribution in [3.8, 4) is 0 Å². The van der Waals surface area contributed by atoms with Crippen LogP contribution in [0.1, 0.15) is 0 Å². The van der Waals surface area contributed by atoms with Crippen molar-refractivity contribution in [2.24, 2.45) is 0 Å². The van der Waals surface area contributed by atoms with Crippen LogP contribution in [0.25, 0.3) is 0 Å². The Morgan fingerprint density at radius 1 is 1.00 bits per heavy atom. The van der Waals surface area contributed by atoms with Crippen LogP contribution in [-0.2, 0) is 32.7 Å². The first kappa shape index (κ1) is 37.0. The fourth-order valence-electron chi connectivity index (χ4n) is 0. The third-order valence-electron chi connectivity index (χ3n) is 0. The van der Waals surface area contributed by atoms with E-state index in [2.05, 4.69) is 0 Å². The zero-order valence-corrected chi connectivity index (χ0v) is 14.9. The summed E-state index contributed by atoms with van der Waals surface area (Å²) in [6.45, 7) is 0. The Bertz CT molecular complexity index is 25.3. The maximum absolute atomic E-state index is 7.17. The van der Waals surface area contributed by atoms with E-state index in [1.165, 1.54) is 0 Å². The number of hydrogen-bond donors (Lipinski definition) is 3. The monoisotopic (exact) mass is 522 g/mol. The molecule has 54 valence electrons. The van der Waals surface area contributed by atoms with Crippen LogP contribution < -0.4 is 0 Å². The summed E-state index contributed by atoms with van der Waals surface area (Å²) in [7, 11) is -2.17. The molecule has 0 spiro atoms. The summed E-state index contributed by atoms with van der Waals surface area (Å²) < 4.78 is 0. The van der Waals surface area contributed by atoms with Crippen molar-refractivity contribution >= 4 is 45.1 Å². The van der Waals surface area contributed by atoms with Crippen LogP contribution in [0.4, 0.5) is 0 Å². The largest absolute Gasteiger partial charge is 0.631 e. The quantitative estimate of drug-likeness (QED) is 0.293. The smallest absolute Gasteiger partial charge is 0.412 e. The Hall–Kier alpha value is 4.98. The molecule has 0 aromatic rings. The molecule has 4 nitrogen and oxygen atoms in total. The van der Waals surface area contributed by atoms with Gasteiger partial charge in [0.2, 0.25) is 0 Å². The molecule has 4 radical (unpaired) electrons. The molecule has 0 amide bonds. The van der Waals surface area contributed by atoms with Crippen LogP contribution in [0.15, 0.2) is 0 Å². The molecular weight excluding hydrogens is 516 g/mol. The van der Waals surface area contributed by atoms with E-state index in [0.717, 1.165) is 0 Å². The SMILES string of the molecule is O.OB(O)O.[Ca].[La].[Y].[Yb]. The van der Waals surface area contributed by atoms with Crippen LogP contribution in [0.5, 0.6) is 0 Å². The van der Waals surface area contributed by atoms with Gasteiger partial charge in [0.15, 0.2) is 0 Å². The first-order valence-electron chi connectivity index (χ1n) is 0.775. The molecule has 0 aliphatic carbocycles. The molecule has 0 heterocycles. The van der Waals surface area contributed by atoms with Crippen LogP contribution in [0.3, 0.4) is 0 Å². The molecule has 9 heavy (non-hydrogen) atoms. The predicted molar refractivity (Wildman–Crippen MR) is 21.8 cm³/mol. The molecule has 0 bridgehead atoms. The average Bonchev–Trinajstić information content (AvgIpc) is 0.811.